The Kier molecular flexibility index (Phi) is 3.66. The lowest BCUT2D eigenvalue weighted by molar-refractivity contribution is 0.259. The first kappa shape index (κ1) is 12.9. The van der Waals surface area contributed by atoms with E-state index in [1.54, 1.807) is 0 Å². The van der Waals surface area contributed by atoms with Crippen molar-refractivity contribution in [1.29, 1.82) is 0 Å². The highest BCUT2D eigenvalue weighted by Crippen LogP contribution is 2.13. The highest BCUT2D eigenvalue weighted by atomic mass is 32.2. The van der Waals surface area contributed by atoms with Crippen LogP contribution in [0.15, 0.2) is 34.2 Å². The van der Waals surface area contributed by atoms with Gasteiger partial charge < -0.3 is 16.8 Å². The predicted molar refractivity (Wildman–Crippen MR) is 61.1 cm³/mol. The number of nitrogens with one attached hydrogen (secondary N) is 1. The number of guanidine groups is 1. The Hall–Kier alpha value is -2.13. The first-order chi connectivity index (χ1) is 7.79. The summed E-state index contributed by atoms with van der Waals surface area (Å²) in [5.41, 5.74) is 10.3. The molecule has 0 heterocycles. The number of benzene rings is 1. The molecule has 0 bridgehead atoms. The number of rotatable bonds is 2. The second-order valence-electron chi connectivity index (χ2n) is 2.97. The summed E-state index contributed by atoms with van der Waals surface area (Å²) in [4.78, 5) is 14.0. The average Bonchev–Trinajstić information content (AvgIpc) is 2.15. The van der Waals surface area contributed by atoms with E-state index >= 15 is 0 Å². The molecule has 9 heteroatoms. The highest BCUT2D eigenvalue weighted by molar-refractivity contribution is 7.85. The third-order valence-corrected chi connectivity index (χ3v) is 2.50. The minimum absolute atomic E-state index is 0.280. The van der Waals surface area contributed by atoms with Crippen LogP contribution in [0, 0.1) is 0 Å². The Bertz CT molecular complexity index is 545. The molecule has 17 heavy (non-hydrogen) atoms. The zero-order valence-electron chi connectivity index (χ0n) is 8.49. The summed E-state index contributed by atoms with van der Waals surface area (Å²) >= 11 is 0. The van der Waals surface area contributed by atoms with Crippen LogP contribution in [0.4, 0.5) is 10.5 Å². The van der Waals surface area contributed by atoms with Crippen LogP contribution in [0.5, 0.6) is 0 Å². The molecule has 0 aliphatic carbocycles. The Balaban J connectivity index is 2.83. The molecule has 0 fully saturated rings. The highest BCUT2D eigenvalue weighted by Gasteiger charge is 2.09. The van der Waals surface area contributed by atoms with Crippen molar-refractivity contribution in [1.82, 2.24) is 0 Å². The van der Waals surface area contributed by atoms with Crippen molar-refractivity contribution in [2.45, 2.75) is 4.90 Å². The Morgan fingerprint density at radius 3 is 2.18 bits per heavy atom. The monoisotopic (exact) mass is 258 g/mol. The maximum Gasteiger partial charge on any atom is 0.348 e. The number of aliphatic imine (C=N–C) groups is 1. The molecule has 0 aliphatic heterocycles. The molecule has 2 amide bonds. The molecule has 0 spiro atoms. The Morgan fingerprint density at radius 2 is 1.76 bits per heavy atom. The van der Waals surface area contributed by atoms with Crippen LogP contribution in [-0.2, 0) is 10.1 Å². The molecule has 1 aromatic carbocycles. The lowest BCUT2D eigenvalue weighted by Crippen LogP contribution is -2.25. The molecule has 1 aromatic rings. The molecule has 6 N–H and O–H groups in total. The van der Waals surface area contributed by atoms with Crippen molar-refractivity contribution in [2.24, 2.45) is 16.5 Å². The lowest BCUT2D eigenvalue weighted by atomic mass is 10.3. The fourth-order valence-electron chi connectivity index (χ4n) is 0.979. The van der Waals surface area contributed by atoms with E-state index in [4.69, 9.17) is 16.0 Å². The average molecular weight is 258 g/mol. The number of amides is 2. The van der Waals surface area contributed by atoms with Crippen molar-refractivity contribution in [3.8, 4) is 0 Å². The zero-order chi connectivity index (χ0) is 13.1. The van der Waals surface area contributed by atoms with E-state index in [1.165, 1.54) is 12.1 Å². The number of urea groups is 1. The van der Waals surface area contributed by atoms with Gasteiger partial charge in [0, 0.05) is 5.69 Å². The van der Waals surface area contributed by atoms with Gasteiger partial charge in [0.1, 0.15) is 0 Å². The Morgan fingerprint density at radius 1 is 1.24 bits per heavy atom. The van der Waals surface area contributed by atoms with Crippen molar-refractivity contribution in [3.05, 3.63) is 24.3 Å². The molecule has 0 unspecified atom stereocenters. The van der Waals surface area contributed by atoms with Gasteiger partial charge in [0.05, 0.1) is 4.90 Å². The minimum atomic E-state index is -4.25. The van der Waals surface area contributed by atoms with Crippen LogP contribution >= 0.6 is 0 Å². The van der Waals surface area contributed by atoms with E-state index in [-0.39, 0.29) is 10.6 Å². The molecule has 0 radical (unpaired) electrons. The van der Waals surface area contributed by atoms with E-state index in [0.717, 1.165) is 12.1 Å². The van der Waals surface area contributed by atoms with Gasteiger partial charge in [-0.2, -0.15) is 13.4 Å². The molecule has 0 aromatic heterocycles. The molecule has 0 atom stereocenters. The van der Waals surface area contributed by atoms with Crippen molar-refractivity contribution < 1.29 is 17.8 Å². The molecule has 92 valence electrons. The number of hydrogen-bond donors (Lipinski definition) is 4. The fourth-order valence-corrected chi connectivity index (χ4v) is 1.46. The largest absolute Gasteiger partial charge is 0.370 e. The molecule has 1 rings (SSSR count). The summed E-state index contributed by atoms with van der Waals surface area (Å²) in [5, 5.41) is 2.29. The molecule has 0 aliphatic rings. The second kappa shape index (κ2) is 4.80. The van der Waals surface area contributed by atoms with E-state index in [2.05, 4.69) is 10.3 Å². The van der Waals surface area contributed by atoms with Gasteiger partial charge in [0.2, 0.25) is 0 Å². The Labute approximate surface area is 97.1 Å². The third kappa shape index (κ3) is 4.09. The maximum absolute atomic E-state index is 11.1. The number of nitrogens with two attached hydrogens (primary N) is 2. The van der Waals surface area contributed by atoms with Crippen molar-refractivity contribution in [2.75, 3.05) is 5.32 Å². The molecule has 0 saturated heterocycles. The summed E-state index contributed by atoms with van der Waals surface area (Å²) in [6, 6.07) is 4.03. The number of nitrogens with zero attached hydrogens (tertiary/aromatic N) is 1. The summed E-state index contributed by atoms with van der Waals surface area (Å²) in [6.07, 6.45) is 0. The minimum Gasteiger partial charge on any atom is -0.370 e. The molecular weight excluding hydrogens is 248 g/mol. The van der Waals surface area contributed by atoms with E-state index < -0.39 is 22.1 Å². The molecular formula is C8H10N4O4S. The van der Waals surface area contributed by atoms with Crippen LogP contribution < -0.4 is 16.8 Å². The molecule has 8 nitrogen and oxygen atoms in total. The quantitative estimate of drug-likeness (QED) is 0.326. The smallest absolute Gasteiger partial charge is 0.348 e. The van der Waals surface area contributed by atoms with Gasteiger partial charge in [0.25, 0.3) is 10.1 Å². The van der Waals surface area contributed by atoms with Crippen LogP contribution in [0.2, 0.25) is 0 Å². The van der Waals surface area contributed by atoms with E-state index in [9.17, 15) is 13.2 Å². The standard InChI is InChI=1S/C8H10N4O4S/c9-7(10)12-8(13)11-5-1-3-6(4-2-5)17(14,15)16/h1-4H,(H,14,15,16)(H5,9,10,11,12,13). The first-order valence-corrected chi connectivity index (χ1v) is 5.71. The van der Waals surface area contributed by atoms with Crippen LogP contribution in [-0.4, -0.2) is 25.0 Å². The van der Waals surface area contributed by atoms with Crippen molar-refractivity contribution >= 4 is 27.8 Å². The normalized spacial score (nSPS) is 10.6. The summed E-state index contributed by atoms with van der Waals surface area (Å²) in [7, 11) is -4.25. The number of carbonyl (C=O) groups excluding carboxylic acids is 1. The number of hydrogen-bond acceptors (Lipinski definition) is 3. The van der Waals surface area contributed by atoms with Crippen LogP contribution in [0.25, 0.3) is 0 Å². The zero-order valence-corrected chi connectivity index (χ0v) is 9.31. The SMILES string of the molecule is NC(N)=NC(=O)Nc1ccc(S(=O)(=O)O)cc1. The summed E-state index contributed by atoms with van der Waals surface area (Å²) < 4.78 is 30.2. The number of anilines is 1. The van der Waals surface area contributed by atoms with Gasteiger partial charge in [-0.3, -0.25) is 4.55 Å². The summed E-state index contributed by atoms with van der Waals surface area (Å²) in [5.74, 6) is -0.392. The van der Waals surface area contributed by atoms with Gasteiger partial charge in [-0.05, 0) is 24.3 Å². The molecule has 0 saturated carbocycles. The maximum atomic E-state index is 11.1. The van der Waals surface area contributed by atoms with Crippen LogP contribution in [0.3, 0.4) is 0 Å². The fraction of sp³-hybridized carbons (Fsp3) is 0. The van der Waals surface area contributed by atoms with Crippen molar-refractivity contribution in [3.63, 3.8) is 0 Å². The van der Waals surface area contributed by atoms with Crippen LogP contribution in [0.1, 0.15) is 0 Å². The predicted octanol–water partition coefficient (Wildman–Crippen LogP) is -0.261. The third-order valence-electron chi connectivity index (χ3n) is 1.63. The summed E-state index contributed by atoms with van der Waals surface area (Å²) in [6.45, 7) is 0. The first-order valence-electron chi connectivity index (χ1n) is 4.27. The lowest BCUT2D eigenvalue weighted by Gasteiger charge is -2.02. The van der Waals surface area contributed by atoms with Gasteiger partial charge in [-0.25, -0.2) is 4.79 Å². The second-order valence-corrected chi connectivity index (χ2v) is 4.39. The van der Waals surface area contributed by atoms with E-state index in [1.807, 2.05) is 0 Å². The topological polar surface area (TPSA) is 148 Å². The van der Waals surface area contributed by atoms with Gasteiger partial charge >= 0.3 is 6.03 Å². The number of carbonyl (C=O) groups is 1. The van der Waals surface area contributed by atoms with Gasteiger partial charge in [-0.15, -0.1) is 0 Å². The van der Waals surface area contributed by atoms with E-state index in [0.29, 0.717) is 0 Å². The van der Waals surface area contributed by atoms with Gasteiger partial charge in [-0.1, -0.05) is 0 Å². The van der Waals surface area contributed by atoms with Gasteiger partial charge in [0.15, 0.2) is 5.96 Å².